The van der Waals surface area contributed by atoms with Crippen LogP contribution in [-0.4, -0.2) is 34.1 Å². The minimum atomic E-state index is -3.67. The van der Waals surface area contributed by atoms with E-state index >= 15 is 0 Å². The molecule has 0 amide bonds. The summed E-state index contributed by atoms with van der Waals surface area (Å²) in [7, 11) is -3.67. The van der Waals surface area contributed by atoms with Gasteiger partial charge in [0.2, 0.25) is 10.0 Å². The van der Waals surface area contributed by atoms with Gasteiger partial charge in [0.15, 0.2) is 5.96 Å². The molecule has 2 aromatic rings. The number of sulfonamides is 1. The highest BCUT2D eigenvalue weighted by Crippen LogP contribution is 2.18. The van der Waals surface area contributed by atoms with Crippen LogP contribution in [0.4, 0.5) is 0 Å². The lowest BCUT2D eigenvalue weighted by Crippen LogP contribution is -2.38. The standard InChI is InChI=1S/C23H34N4O3S/c1-5-25-23(26-15-14-19-6-12-22(13-7-19)31(24,28)29)27-18(4)20-8-10-21(11-9-20)30-16-17(2)3/h6-13,17-18H,5,14-16H2,1-4H3,(H2,24,28,29)(H2,25,26,27). The summed E-state index contributed by atoms with van der Waals surface area (Å²) in [6.45, 7) is 10.4. The molecular formula is C23H34N4O3S. The maximum absolute atomic E-state index is 11.3. The summed E-state index contributed by atoms with van der Waals surface area (Å²) in [5.74, 6) is 2.10. The average Bonchev–Trinajstić information content (AvgIpc) is 2.72. The molecule has 4 N–H and O–H groups in total. The van der Waals surface area contributed by atoms with Crippen molar-refractivity contribution in [3.63, 3.8) is 0 Å². The predicted molar refractivity (Wildman–Crippen MR) is 126 cm³/mol. The lowest BCUT2D eigenvalue weighted by molar-refractivity contribution is 0.271. The molecule has 31 heavy (non-hydrogen) atoms. The van der Waals surface area contributed by atoms with E-state index in [0.717, 1.165) is 29.4 Å². The topological polar surface area (TPSA) is 106 Å². The molecule has 7 nitrogen and oxygen atoms in total. The number of rotatable bonds is 10. The summed E-state index contributed by atoms with van der Waals surface area (Å²) in [4.78, 5) is 4.75. The number of primary sulfonamides is 1. The van der Waals surface area contributed by atoms with Gasteiger partial charge in [-0.1, -0.05) is 38.1 Å². The summed E-state index contributed by atoms with van der Waals surface area (Å²) in [5.41, 5.74) is 2.14. The second-order valence-corrected chi connectivity index (χ2v) is 9.40. The maximum Gasteiger partial charge on any atom is 0.238 e. The Morgan fingerprint density at radius 3 is 2.26 bits per heavy atom. The van der Waals surface area contributed by atoms with Crippen LogP contribution >= 0.6 is 0 Å². The van der Waals surface area contributed by atoms with Gasteiger partial charge in [-0.05, 0) is 61.6 Å². The van der Waals surface area contributed by atoms with Crippen molar-refractivity contribution < 1.29 is 13.2 Å². The number of nitrogens with two attached hydrogens (primary N) is 1. The highest BCUT2D eigenvalue weighted by atomic mass is 32.2. The van der Waals surface area contributed by atoms with Crippen LogP contribution in [0.1, 0.15) is 44.9 Å². The Bertz CT molecular complexity index is 940. The quantitative estimate of drug-likeness (QED) is 0.384. The second-order valence-electron chi connectivity index (χ2n) is 7.84. The monoisotopic (exact) mass is 446 g/mol. The number of ether oxygens (including phenoxy) is 1. The molecule has 0 aliphatic heterocycles. The summed E-state index contributed by atoms with van der Waals surface area (Å²) >= 11 is 0. The zero-order valence-corrected chi connectivity index (χ0v) is 19.6. The number of nitrogens with zero attached hydrogens (tertiary/aromatic N) is 1. The molecule has 2 rings (SSSR count). The van der Waals surface area contributed by atoms with Gasteiger partial charge in [0.1, 0.15) is 5.75 Å². The zero-order valence-electron chi connectivity index (χ0n) is 18.8. The molecule has 0 bridgehead atoms. The largest absolute Gasteiger partial charge is 0.493 e. The molecule has 0 saturated heterocycles. The van der Waals surface area contributed by atoms with Gasteiger partial charge < -0.3 is 15.4 Å². The molecule has 8 heteroatoms. The van der Waals surface area contributed by atoms with Crippen molar-refractivity contribution in [2.45, 2.75) is 45.1 Å². The first-order chi connectivity index (χ1) is 14.7. The molecule has 1 atom stereocenters. The molecule has 0 heterocycles. The Morgan fingerprint density at radius 1 is 1.06 bits per heavy atom. The number of guanidine groups is 1. The third-order valence-corrected chi connectivity index (χ3v) is 5.51. The number of aliphatic imine (C=N–C) groups is 1. The predicted octanol–water partition coefficient (Wildman–Crippen LogP) is 3.23. The van der Waals surface area contributed by atoms with Crippen molar-refractivity contribution in [3.05, 3.63) is 59.7 Å². The van der Waals surface area contributed by atoms with E-state index in [1.807, 2.05) is 19.1 Å². The van der Waals surface area contributed by atoms with E-state index in [2.05, 4.69) is 48.5 Å². The Morgan fingerprint density at radius 2 is 1.71 bits per heavy atom. The Balaban J connectivity index is 1.94. The van der Waals surface area contributed by atoms with Crippen LogP contribution < -0.4 is 20.5 Å². The molecule has 0 spiro atoms. The van der Waals surface area contributed by atoms with Gasteiger partial charge in [0.05, 0.1) is 17.5 Å². The van der Waals surface area contributed by atoms with Crippen molar-refractivity contribution in [2.75, 3.05) is 19.7 Å². The average molecular weight is 447 g/mol. The molecular weight excluding hydrogens is 412 g/mol. The van der Waals surface area contributed by atoms with E-state index in [4.69, 9.17) is 9.88 Å². The molecule has 0 aromatic heterocycles. The van der Waals surface area contributed by atoms with Crippen LogP contribution in [0.15, 0.2) is 58.4 Å². The molecule has 1 unspecified atom stereocenters. The molecule has 0 radical (unpaired) electrons. The van der Waals surface area contributed by atoms with Gasteiger partial charge in [0, 0.05) is 13.1 Å². The van der Waals surface area contributed by atoms with Crippen LogP contribution in [0.5, 0.6) is 5.75 Å². The Hall–Kier alpha value is -2.58. The van der Waals surface area contributed by atoms with Crippen molar-refractivity contribution in [1.82, 2.24) is 10.6 Å². The van der Waals surface area contributed by atoms with Crippen LogP contribution in [0.3, 0.4) is 0 Å². The number of nitrogens with one attached hydrogen (secondary N) is 2. The highest BCUT2D eigenvalue weighted by molar-refractivity contribution is 7.89. The first-order valence-electron chi connectivity index (χ1n) is 10.6. The first kappa shape index (κ1) is 24.7. The van der Waals surface area contributed by atoms with Crippen molar-refractivity contribution in [1.29, 1.82) is 0 Å². The summed E-state index contributed by atoms with van der Waals surface area (Å²) in [6.07, 6.45) is 0.692. The molecule has 2 aromatic carbocycles. The van der Waals surface area contributed by atoms with E-state index in [1.165, 1.54) is 12.1 Å². The van der Waals surface area contributed by atoms with Crippen molar-refractivity contribution in [2.24, 2.45) is 16.0 Å². The first-order valence-corrected chi connectivity index (χ1v) is 12.1. The van der Waals surface area contributed by atoms with Gasteiger partial charge in [-0.25, -0.2) is 13.6 Å². The minimum Gasteiger partial charge on any atom is -0.493 e. The highest BCUT2D eigenvalue weighted by Gasteiger charge is 2.09. The minimum absolute atomic E-state index is 0.0750. The summed E-state index contributed by atoms with van der Waals surface area (Å²) < 4.78 is 28.4. The maximum atomic E-state index is 11.3. The van der Waals surface area contributed by atoms with E-state index in [9.17, 15) is 8.42 Å². The van der Waals surface area contributed by atoms with Crippen LogP contribution in [0.25, 0.3) is 0 Å². The molecule has 0 aliphatic carbocycles. The Labute approximate surface area is 186 Å². The second kappa shape index (κ2) is 11.7. The third-order valence-electron chi connectivity index (χ3n) is 4.58. The fourth-order valence-electron chi connectivity index (χ4n) is 2.87. The lowest BCUT2D eigenvalue weighted by atomic mass is 10.1. The van der Waals surface area contributed by atoms with Crippen LogP contribution in [-0.2, 0) is 16.4 Å². The van der Waals surface area contributed by atoms with Crippen LogP contribution in [0, 0.1) is 5.92 Å². The number of hydrogen-bond acceptors (Lipinski definition) is 4. The van der Waals surface area contributed by atoms with Crippen molar-refractivity contribution in [3.8, 4) is 5.75 Å². The van der Waals surface area contributed by atoms with Gasteiger partial charge in [0.25, 0.3) is 0 Å². The zero-order chi connectivity index (χ0) is 22.9. The molecule has 0 saturated carbocycles. The van der Waals surface area contributed by atoms with E-state index in [1.54, 1.807) is 12.1 Å². The number of benzene rings is 2. The molecule has 0 aliphatic rings. The summed E-state index contributed by atoms with van der Waals surface area (Å²) in [5, 5.41) is 11.8. The lowest BCUT2D eigenvalue weighted by Gasteiger charge is -2.19. The third kappa shape index (κ3) is 8.59. The van der Waals surface area contributed by atoms with Crippen molar-refractivity contribution >= 4 is 16.0 Å². The van der Waals surface area contributed by atoms with Gasteiger partial charge >= 0.3 is 0 Å². The molecule has 0 fully saturated rings. The van der Waals surface area contributed by atoms with E-state index in [0.29, 0.717) is 25.5 Å². The number of hydrogen-bond donors (Lipinski definition) is 3. The van der Waals surface area contributed by atoms with Gasteiger partial charge in [-0.2, -0.15) is 0 Å². The fourth-order valence-corrected chi connectivity index (χ4v) is 3.38. The fraction of sp³-hybridized carbons (Fsp3) is 0.435. The van der Waals surface area contributed by atoms with Crippen LogP contribution in [0.2, 0.25) is 0 Å². The van der Waals surface area contributed by atoms with Gasteiger partial charge in [-0.15, -0.1) is 0 Å². The van der Waals surface area contributed by atoms with E-state index < -0.39 is 10.0 Å². The summed E-state index contributed by atoms with van der Waals surface area (Å²) in [6, 6.07) is 14.8. The smallest absolute Gasteiger partial charge is 0.238 e. The molecule has 170 valence electrons. The van der Waals surface area contributed by atoms with Gasteiger partial charge in [-0.3, -0.25) is 4.99 Å². The van der Waals surface area contributed by atoms with E-state index in [-0.39, 0.29) is 10.9 Å². The Kier molecular flexibility index (Phi) is 9.33. The SMILES string of the molecule is CCNC(=NCCc1ccc(S(N)(=O)=O)cc1)NC(C)c1ccc(OCC(C)C)cc1. The normalized spacial score (nSPS) is 13.2.